The fourth-order valence-corrected chi connectivity index (χ4v) is 2.16. The van der Waals surface area contributed by atoms with Crippen LogP contribution < -0.4 is 0 Å². The Balaban J connectivity index is 2.16. The zero-order chi connectivity index (χ0) is 14.7. The van der Waals surface area contributed by atoms with E-state index in [0.717, 1.165) is 5.56 Å². The van der Waals surface area contributed by atoms with Crippen LogP contribution in [0.25, 0.3) is 0 Å². The van der Waals surface area contributed by atoms with Gasteiger partial charge in [-0.25, -0.2) is 8.78 Å². The zero-order valence-electron chi connectivity index (χ0n) is 10.7. The van der Waals surface area contributed by atoms with E-state index >= 15 is 0 Å². The number of benzene rings is 2. The maximum absolute atomic E-state index is 13.7. The summed E-state index contributed by atoms with van der Waals surface area (Å²) in [5.41, 5.74) is 0.779. The summed E-state index contributed by atoms with van der Waals surface area (Å²) in [6.45, 7) is 0.283. The Bertz CT molecular complexity index is 628. The number of carbonyl (C=O) groups excluding carboxylic acids is 1. The van der Waals surface area contributed by atoms with Crippen LogP contribution in [0, 0.1) is 11.6 Å². The van der Waals surface area contributed by atoms with Gasteiger partial charge in [-0.05, 0) is 35.9 Å². The van der Waals surface area contributed by atoms with E-state index < -0.39 is 11.7 Å². The fraction of sp³-hybridized carbons (Fsp3) is 0.133. The van der Waals surface area contributed by atoms with E-state index in [1.807, 2.05) is 0 Å². The van der Waals surface area contributed by atoms with E-state index in [1.54, 1.807) is 19.2 Å². The first-order valence-electron chi connectivity index (χ1n) is 5.92. The third-order valence-electron chi connectivity index (χ3n) is 2.84. The molecule has 0 unspecified atom stereocenters. The van der Waals surface area contributed by atoms with Crippen LogP contribution in [-0.2, 0) is 6.54 Å². The van der Waals surface area contributed by atoms with Crippen LogP contribution >= 0.6 is 15.9 Å². The summed E-state index contributed by atoms with van der Waals surface area (Å²) in [5, 5.41) is 0. The summed E-state index contributed by atoms with van der Waals surface area (Å²) in [6, 6.07) is 10.1. The van der Waals surface area contributed by atoms with Gasteiger partial charge < -0.3 is 4.90 Å². The van der Waals surface area contributed by atoms with Crippen molar-refractivity contribution in [2.45, 2.75) is 6.54 Å². The molecule has 0 saturated carbocycles. The molecule has 2 aromatic rings. The Kier molecular flexibility index (Phi) is 4.49. The molecule has 0 bridgehead atoms. The molecule has 0 radical (unpaired) electrons. The van der Waals surface area contributed by atoms with Gasteiger partial charge in [0.05, 0.1) is 5.56 Å². The molecule has 2 aromatic carbocycles. The maximum Gasteiger partial charge on any atom is 0.256 e. The Morgan fingerprint density at radius 2 is 1.80 bits per heavy atom. The minimum Gasteiger partial charge on any atom is -0.337 e. The van der Waals surface area contributed by atoms with Crippen LogP contribution in [0.4, 0.5) is 8.78 Å². The molecule has 0 spiro atoms. The predicted molar refractivity (Wildman–Crippen MR) is 76.3 cm³/mol. The Hall–Kier alpha value is -1.75. The minimum absolute atomic E-state index is 0.00369. The Morgan fingerprint density at radius 3 is 2.45 bits per heavy atom. The van der Waals surface area contributed by atoms with Crippen LogP contribution in [0.5, 0.6) is 0 Å². The highest BCUT2D eigenvalue weighted by molar-refractivity contribution is 9.10. The topological polar surface area (TPSA) is 20.3 Å². The first-order chi connectivity index (χ1) is 9.47. The standard InChI is InChI=1S/C15H12BrF2NO/c1-19(9-10-2-5-12(17)6-3-10)15(20)13-8-11(16)4-7-14(13)18/h2-8H,9H2,1H3. The van der Waals surface area contributed by atoms with E-state index in [2.05, 4.69) is 15.9 Å². The molecule has 0 aliphatic carbocycles. The van der Waals surface area contributed by atoms with E-state index in [1.165, 1.54) is 35.2 Å². The number of rotatable bonds is 3. The van der Waals surface area contributed by atoms with Gasteiger partial charge in [-0.2, -0.15) is 0 Å². The third-order valence-corrected chi connectivity index (χ3v) is 3.33. The molecule has 0 aliphatic heterocycles. The molecule has 0 atom stereocenters. The summed E-state index contributed by atoms with van der Waals surface area (Å²) in [5.74, 6) is -1.32. The van der Waals surface area contributed by atoms with E-state index in [4.69, 9.17) is 0 Å². The number of hydrogen-bond acceptors (Lipinski definition) is 1. The van der Waals surface area contributed by atoms with Crippen LogP contribution in [-0.4, -0.2) is 17.9 Å². The van der Waals surface area contributed by atoms with Crippen molar-refractivity contribution in [1.29, 1.82) is 0 Å². The monoisotopic (exact) mass is 339 g/mol. The lowest BCUT2D eigenvalue weighted by Crippen LogP contribution is -2.27. The van der Waals surface area contributed by atoms with Crippen molar-refractivity contribution in [3.8, 4) is 0 Å². The van der Waals surface area contributed by atoms with Gasteiger partial charge >= 0.3 is 0 Å². The molecule has 20 heavy (non-hydrogen) atoms. The van der Waals surface area contributed by atoms with Gasteiger partial charge in [0.1, 0.15) is 11.6 Å². The summed E-state index contributed by atoms with van der Waals surface area (Å²) in [7, 11) is 1.58. The lowest BCUT2D eigenvalue weighted by Gasteiger charge is -2.18. The quantitative estimate of drug-likeness (QED) is 0.827. The maximum atomic E-state index is 13.7. The van der Waals surface area contributed by atoms with Crippen molar-refractivity contribution in [3.05, 3.63) is 69.7 Å². The van der Waals surface area contributed by atoms with Crippen molar-refractivity contribution in [2.75, 3.05) is 7.05 Å². The van der Waals surface area contributed by atoms with Crippen LogP contribution in [0.15, 0.2) is 46.9 Å². The normalized spacial score (nSPS) is 10.4. The van der Waals surface area contributed by atoms with Gasteiger partial charge in [-0.3, -0.25) is 4.79 Å². The molecule has 2 rings (SSSR count). The largest absolute Gasteiger partial charge is 0.337 e. The van der Waals surface area contributed by atoms with Crippen molar-refractivity contribution in [1.82, 2.24) is 4.90 Å². The van der Waals surface area contributed by atoms with E-state index in [-0.39, 0.29) is 17.9 Å². The number of hydrogen-bond donors (Lipinski definition) is 0. The molecule has 0 fully saturated rings. The van der Waals surface area contributed by atoms with Gasteiger partial charge in [-0.15, -0.1) is 0 Å². The summed E-state index contributed by atoms with van der Waals surface area (Å²) in [4.78, 5) is 13.6. The molecule has 5 heteroatoms. The van der Waals surface area contributed by atoms with Gasteiger partial charge in [0, 0.05) is 18.1 Å². The van der Waals surface area contributed by atoms with Crippen LogP contribution in [0.1, 0.15) is 15.9 Å². The highest BCUT2D eigenvalue weighted by Gasteiger charge is 2.16. The number of amides is 1. The first-order valence-corrected chi connectivity index (χ1v) is 6.71. The van der Waals surface area contributed by atoms with Crippen molar-refractivity contribution >= 4 is 21.8 Å². The second-order valence-corrected chi connectivity index (χ2v) is 5.33. The number of halogens is 3. The molecular formula is C15H12BrF2NO. The highest BCUT2D eigenvalue weighted by Crippen LogP contribution is 2.18. The Morgan fingerprint density at radius 1 is 1.15 bits per heavy atom. The fourth-order valence-electron chi connectivity index (χ4n) is 1.80. The van der Waals surface area contributed by atoms with Crippen molar-refractivity contribution < 1.29 is 13.6 Å². The molecule has 0 heterocycles. The van der Waals surface area contributed by atoms with Gasteiger partial charge in [0.2, 0.25) is 0 Å². The third kappa shape index (κ3) is 3.42. The molecule has 1 amide bonds. The molecular weight excluding hydrogens is 328 g/mol. The number of carbonyl (C=O) groups is 1. The molecule has 104 valence electrons. The smallest absolute Gasteiger partial charge is 0.256 e. The first kappa shape index (κ1) is 14.7. The summed E-state index contributed by atoms with van der Waals surface area (Å²) < 4.78 is 27.1. The Labute approximate surface area is 124 Å². The van der Waals surface area contributed by atoms with Gasteiger partial charge in [-0.1, -0.05) is 28.1 Å². The average Bonchev–Trinajstić information content (AvgIpc) is 2.43. The average molecular weight is 340 g/mol. The molecule has 0 aliphatic rings. The van der Waals surface area contributed by atoms with Crippen molar-refractivity contribution in [2.24, 2.45) is 0 Å². The lowest BCUT2D eigenvalue weighted by atomic mass is 10.1. The predicted octanol–water partition coefficient (Wildman–Crippen LogP) is 4.00. The molecule has 0 aromatic heterocycles. The minimum atomic E-state index is -0.566. The summed E-state index contributed by atoms with van der Waals surface area (Å²) >= 11 is 3.21. The highest BCUT2D eigenvalue weighted by atomic mass is 79.9. The summed E-state index contributed by atoms with van der Waals surface area (Å²) in [6.07, 6.45) is 0. The molecule has 2 nitrogen and oxygen atoms in total. The molecule has 0 saturated heterocycles. The van der Waals surface area contributed by atoms with Crippen LogP contribution in [0.3, 0.4) is 0 Å². The van der Waals surface area contributed by atoms with E-state index in [0.29, 0.717) is 4.47 Å². The SMILES string of the molecule is CN(Cc1ccc(F)cc1)C(=O)c1cc(Br)ccc1F. The second kappa shape index (κ2) is 6.13. The number of nitrogens with zero attached hydrogens (tertiary/aromatic N) is 1. The van der Waals surface area contributed by atoms with E-state index in [9.17, 15) is 13.6 Å². The lowest BCUT2D eigenvalue weighted by molar-refractivity contribution is 0.0780. The zero-order valence-corrected chi connectivity index (χ0v) is 12.3. The van der Waals surface area contributed by atoms with Gasteiger partial charge in [0.25, 0.3) is 5.91 Å². The molecule has 0 N–H and O–H groups in total. The van der Waals surface area contributed by atoms with Gasteiger partial charge in [0.15, 0.2) is 0 Å². The van der Waals surface area contributed by atoms with Crippen molar-refractivity contribution in [3.63, 3.8) is 0 Å². The van der Waals surface area contributed by atoms with Crippen LogP contribution in [0.2, 0.25) is 0 Å². The second-order valence-electron chi connectivity index (χ2n) is 4.41.